The van der Waals surface area contributed by atoms with E-state index in [9.17, 15) is 13.6 Å². The number of hydrogen-bond acceptors (Lipinski definition) is 5. The Labute approximate surface area is 157 Å². The minimum absolute atomic E-state index is 0.0826. The lowest BCUT2D eigenvalue weighted by Gasteiger charge is -2.07. The Morgan fingerprint density at radius 3 is 2.65 bits per heavy atom. The van der Waals surface area contributed by atoms with Crippen molar-refractivity contribution in [2.45, 2.75) is 17.3 Å². The summed E-state index contributed by atoms with van der Waals surface area (Å²) in [7, 11) is 0. The lowest BCUT2D eigenvalue weighted by molar-refractivity contribution is 0.0460. The first kappa shape index (κ1) is 18.4. The molecule has 0 radical (unpaired) electrons. The van der Waals surface area contributed by atoms with Crippen LogP contribution < -0.4 is 0 Å². The van der Waals surface area contributed by atoms with Crippen molar-refractivity contribution in [1.82, 2.24) is 5.16 Å². The molecule has 4 nitrogen and oxygen atoms in total. The van der Waals surface area contributed by atoms with Gasteiger partial charge < -0.3 is 9.26 Å². The summed E-state index contributed by atoms with van der Waals surface area (Å²) >= 11 is 6.14. The molecule has 0 saturated carbocycles. The van der Waals surface area contributed by atoms with Gasteiger partial charge in [-0.25, -0.2) is 4.79 Å². The van der Waals surface area contributed by atoms with Crippen LogP contribution in [0.25, 0.3) is 11.3 Å². The van der Waals surface area contributed by atoms with Crippen molar-refractivity contribution in [3.05, 3.63) is 70.9 Å². The maximum Gasteiger partial charge on any atom is 0.339 e. The number of carbonyl (C=O) groups is 1. The summed E-state index contributed by atoms with van der Waals surface area (Å²) in [6.07, 6.45) is 0. The van der Waals surface area contributed by atoms with Crippen molar-refractivity contribution in [3.8, 4) is 11.3 Å². The van der Waals surface area contributed by atoms with E-state index in [1.54, 1.807) is 42.5 Å². The first-order chi connectivity index (χ1) is 12.5. The molecule has 1 heterocycles. The molecule has 0 spiro atoms. The molecular formula is C18H12ClF2NO3S. The molecule has 0 aliphatic rings. The van der Waals surface area contributed by atoms with Crippen molar-refractivity contribution < 1.29 is 22.8 Å². The van der Waals surface area contributed by atoms with E-state index in [0.717, 1.165) is 5.56 Å². The van der Waals surface area contributed by atoms with Gasteiger partial charge in [-0.15, -0.1) is 0 Å². The fourth-order valence-corrected chi connectivity index (χ4v) is 2.93. The molecule has 0 N–H and O–H groups in total. The first-order valence-corrected chi connectivity index (χ1v) is 8.71. The molecule has 0 amide bonds. The smallest absolute Gasteiger partial charge is 0.339 e. The second kappa shape index (κ2) is 8.33. The normalized spacial score (nSPS) is 10.9. The van der Waals surface area contributed by atoms with Gasteiger partial charge in [0.1, 0.15) is 12.3 Å². The largest absolute Gasteiger partial charge is 0.455 e. The Kier molecular flexibility index (Phi) is 5.90. The molecule has 0 saturated heterocycles. The van der Waals surface area contributed by atoms with Crippen molar-refractivity contribution in [2.75, 3.05) is 0 Å². The summed E-state index contributed by atoms with van der Waals surface area (Å²) in [5.41, 5.74) is 1.26. The van der Waals surface area contributed by atoms with Crippen molar-refractivity contribution in [1.29, 1.82) is 0 Å². The highest BCUT2D eigenvalue weighted by Crippen LogP contribution is 2.29. The number of carbonyl (C=O) groups excluding carboxylic acids is 1. The molecule has 1 aromatic heterocycles. The zero-order valence-electron chi connectivity index (χ0n) is 13.2. The van der Waals surface area contributed by atoms with E-state index in [0.29, 0.717) is 28.2 Å². The molecule has 3 aromatic rings. The average Bonchev–Trinajstić information content (AvgIpc) is 3.09. The van der Waals surface area contributed by atoms with E-state index in [1.165, 1.54) is 12.1 Å². The molecule has 3 rings (SSSR count). The summed E-state index contributed by atoms with van der Waals surface area (Å²) in [6.45, 7) is -0.135. The first-order valence-electron chi connectivity index (χ1n) is 7.45. The van der Waals surface area contributed by atoms with E-state index < -0.39 is 11.7 Å². The van der Waals surface area contributed by atoms with Gasteiger partial charge >= 0.3 is 5.97 Å². The van der Waals surface area contributed by atoms with E-state index >= 15 is 0 Å². The number of benzene rings is 2. The molecule has 0 unspecified atom stereocenters. The van der Waals surface area contributed by atoms with Gasteiger partial charge in [0.2, 0.25) is 0 Å². The monoisotopic (exact) mass is 395 g/mol. The molecule has 26 heavy (non-hydrogen) atoms. The maximum atomic E-state index is 12.6. The van der Waals surface area contributed by atoms with Crippen LogP contribution in [0.2, 0.25) is 5.02 Å². The van der Waals surface area contributed by atoms with Crippen LogP contribution in [0.3, 0.4) is 0 Å². The highest BCUT2D eigenvalue weighted by molar-refractivity contribution is 7.99. The van der Waals surface area contributed by atoms with Gasteiger partial charge in [0.25, 0.3) is 5.76 Å². The maximum absolute atomic E-state index is 12.6. The summed E-state index contributed by atoms with van der Waals surface area (Å²) in [5, 5.41) is 4.44. The Bertz CT molecular complexity index is 899. The van der Waals surface area contributed by atoms with Crippen LogP contribution in [-0.2, 0) is 11.3 Å². The third-order valence-corrected chi connectivity index (χ3v) is 4.40. The number of aromatic nitrogens is 1. The number of nitrogens with zero attached hydrogens (tertiary/aromatic N) is 1. The molecule has 0 aliphatic heterocycles. The Morgan fingerprint density at radius 2 is 1.92 bits per heavy atom. The second-order valence-corrected chi connectivity index (χ2v) is 6.61. The van der Waals surface area contributed by atoms with Crippen molar-refractivity contribution in [3.63, 3.8) is 0 Å². The Hall–Kier alpha value is -2.38. The molecule has 0 bridgehead atoms. The lowest BCUT2D eigenvalue weighted by Crippen LogP contribution is -2.07. The van der Waals surface area contributed by atoms with Crippen molar-refractivity contribution in [2.24, 2.45) is 0 Å². The van der Waals surface area contributed by atoms with Crippen LogP contribution in [0.1, 0.15) is 16.1 Å². The second-order valence-electron chi connectivity index (χ2n) is 5.14. The fourth-order valence-electron chi connectivity index (χ4n) is 2.18. The van der Waals surface area contributed by atoms with Gasteiger partial charge in [0.05, 0.1) is 5.56 Å². The van der Waals surface area contributed by atoms with E-state index in [1.807, 2.05) is 0 Å². The number of esters is 1. The molecular weight excluding hydrogens is 384 g/mol. The molecule has 0 atom stereocenters. The van der Waals surface area contributed by atoms with Gasteiger partial charge in [0.15, 0.2) is 5.76 Å². The predicted octanol–water partition coefficient (Wildman–Crippen LogP) is 5.67. The van der Waals surface area contributed by atoms with Gasteiger partial charge in [0, 0.05) is 21.5 Å². The number of alkyl halides is 2. The number of thioether (sulfide) groups is 1. The highest BCUT2D eigenvalue weighted by atomic mass is 35.5. The van der Waals surface area contributed by atoms with Crippen LogP contribution >= 0.6 is 23.4 Å². The lowest BCUT2D eigenvalue weighted by atomic mass is 10.2. The van der Waals surface area contributed by atoms with Crippen LogP contribution in [0.5, 0.6) is 0 Å². The molecule has 0 fully saturated rings. The quantitative estimate of drug-likeness (QED) is 0.397. The molecule has 2 aromatic carbocycles. The van der Waals surface area contributed by atoms with E-state index in [2.05, 4.69) is 5.16 Å². The number of ether oxygens (including phenoxy) is 1. The van der Waals surface area contributed by atoms with Crippen molar-refractivity contribution >= 4 is 29.3 Å². The molecule has 8 heteroatoms. The number of rotatable bonds is 6. The van der Waals surface area contributed by atoms with Crippen LogP contribution in [0.4, 0.5) is 8.78 Å². The van der Waals surface area contributed by atoms with Gasteiger partial charge in [-0.3, -0.25) is 0 Å². The summed E-state index contributed by atoms with van der Waals surface area (Å²) in [6, 6.07) is 14.7. The topological polar surface area (TPSA) is 52.3 Å². The fraction of sp³-hybridized carbons (Fsp3) is 0.111. The van der Waals surface area contributed by atoms with E-state index in [4.69, 9.17) is 20.9 Å². The van der Waals surface area contributed by atoms with Crippen LogP contribution in [0.15, 0.2) is 64.0 Å². The zero-order chi connectivity index (χ0) is 18.5. The highest BCUT2D eigenvalue weighted by Gasteiger charge is 2.17. The molecule has 0 aliphatic carbocycles. The van der Waals surface area contributed by atoms with Gasteiger partial charge in [-0.05, 0) is 36.4 Å². The summed E-state index contributed by atoms with van der Waals surface area (Å²) in [4.78, 5) is 12.3. The van der Waals surface area contributed by atoms with E-state index in [-0.39, 0.29) is 17.1 Å². The third kappa shape index (κ3) is 4.62. The van der Waals surface area contributed by atoms with Crippen LogP contribution in [-0.4, -0.2) is 16.9 Å². The minimum atomic E-state index is -2.62. The number of hydrogen-bond donors (Lipinski definition) is 0. The summed E-state index contributed by atoms with van der Waals surface area (Å²) < 4.78 is 35.5. The predicted molar refractivity (Wildman–Crippen MR) is 94.4 cm³/mol. The van der Waals surface area contributed by atoms with Gasteiger partial charge in [-0.2, -0.15) is 8.78 Å². The zero-order valence-corrected chi connectivity index (χ0v) is 14.8. The standard InChI is InChI=1S/C18H12ClF2NO3S/c19-12-7-5-11(6-8-12)15-9-13(22-25-15)10-24-17(23)14-3-1-2-4-16(14)26-18(20)21/h1-9,18H,10H2. The SMILES string of the molecule is O=C(OCc1cc(-c2ccc(Cl)cc2)on1)c1ccccc1SC(F)F. The Balaban J connectivity index is 1.66. The minimum Gasteiger partial charge on any atom is -0.455 e. The summed E-state index contributed by atoms with van der Waals surface area (Å²) in [5.74, 6) is -2.83. The van der Waals surface area contributed by atoms with Gasteiger partial charge in [-0.1, -0.05) is 40.7 Å². The molecule has 134 valence electrons. The third-order valence-electron chi connectivity index (χ3n) is 3.36. The Morgan fingerprint density at radius 1 is 1.19 bits per heavy atom. The average molecular weight is 396 g/mol. The van der Waals surface area contributed by atoms with Crippen LogP contribution in [0, 0.1) is 0 Å². The number of halogens is 3.